The minimum Gasteiger partial charge on any atom is -0.486 e. The SMILES string of the molecule is CC(C)c1c(CNO)ccc2c1OCCO2. The van der Waals surface area contributed by atoms with E-state index in [2.05, 4.69) is 19.3 Å². The first kappa shape index (κ1) is 11.2. The highest BCUT2D eigenvalue weighted by Crippen LogP contribution is 2.39. The van der Waals surface area contributed by atoms with Crippen LogP contribution >= 0.6 is 0 Å². The van der Waals surface area contributed by atoms with Crippen molar-refractivity contribution in [1.29, 1.82) is 0 Å². The number of hydroxylamine groups is 1. The molecule has 1 aliphatic heterocycles. The Hall–Kier alpha value is -1.26. The lowest BCUT2D eigenvalue weighted by Gasteiger charge is -2.24. The van der Waals surface area contributed by atoms with Gasteiger partial charge in [0.2, 0.25) is 0 Å². The zero-order valence-electron chi connectivity index (χ0n) is 9.62. The molecule has 1 aromatic carbocycles. The van der Waals surface area contributed by atoms with Crippen molar-refractivity contribution in [2.75, 3.05) is 13.2 Å². The molecule has 2 N–H and O–H groups in total. The smallest absolute Gasteiger partial charge is 0.165 e. The van der Waals surface area contributed by atoms with Gasteiger partial charge in [0, 0.05) is 12.1 Å². The Morgan fingerprint density at radius 3 is 2.75 bits per heavy atom. The van der Waals surface area contributed by atoms with E-state index in [9.17, 15) is 0 Å². The fourth-order valence-corrected chi connectivity index (χ4v) is 2.05. The second-order valence-electron chi connectivity index (χ2n) is 4.15. The molecule has 0 radical (unpaired) electrons. The number of hydrogen-bond donors (Lipinski definition) is 2. The molecule has 0 aliphatic carbocycles. The summed E-state index contributed by atoms with van der Waals surface area (Å²) in [5.41, 5.74) is 4.34. The van der Waals surface area contributed by atoms with Gasteiger partial charge in [0.1, 0.15) is 13.2 Å². The van der Waals surface area contributed by atoms with Crippen LogP contribution in [-0.4, -0.2) is 18.4 Å². The van der Waals surface area contributed by atoms with Gasteiger partial charge in [0.15, 0.2) is 11.5 Å². The van der Waals surface area contributed by atoms with Crippen molar-refractivity contribution in [3.8, 4) is 11.5 Å². The lowest BCUT2D eigenvalue weighted by molar-refractivity contribution is 0.158. The predicted octanol–water partition coefficient (Wildman–Crippen LogP) is 2.06. The van der Waals surface area contributed by atoms with E-state index in [0.717, 1.165) is 22.6 Å². The fraction of sp³-hybridized carbons (Fsp3) is 0.500. The molecule has 4 nitrogen and oxygen atoms in total. The predicted molar refractivity (Wildman–Crippen MR) is 60.1 cm³/mol. The molecule has 0 unspecified atom stereocenters. The summed E-state index contributed by atoms with van der Waals surface area (Å²) < 4.78 is 11.2. The normalized spacial score (nSPS) is 14.2. The lowest BCUT2D eigenvalue weighted by atomic mass is 9.95. The Kier molecular flexibility index (Phi) is 3.31. The minimum atomic E-state index is 0.333. The summed E-state index contributed by atoms with van der Waals surface area (Å²) in [6.45, 7) is 5.82. The van der Waals surface area contributed by atoms with Gasteiger partial charge < -0.3 is 14.7 Å². The number of benzene rings is 1. The summed E-state index contributed by atoms with van der Waals surface area (Å²) >= 11 is 0. The Bertz CT molecular complexity index is 377. The van der Waals surface area contributed by atoms with Crippen LogP contribution in [-0.2, 0) is 6.54 Å². The molecule has 0 saturated carbocycles. The van der Waals surface area contributed by atoms with Gasteiger partial charge in [-0.3, -0.25) is 0 Å². The van der Waals surface area contributed by atoms with Crippen LogP contribution in [0, 0.1) is 0 Å². The summed E-state index contributed by atoms with van der Waals surface area (Å²) in [4.78, 5) is 0. The first-order valence-electron chi connectivity index (χ1n) is 5.52. The Labute approximate surface area is 95.1 Å². The average molecular weight is 223 g/mol. The Balaban J connectivity index is 2.48. The van der Waals surface area contributed by atoms with Gasteiger partial charge >= 0.3 is 0 Å². The van der Waals surface area contributed by atoms with Crippen LogP contribution in [0.1, 0.15) is 30.9 Å². The van der Waals surface area contributed by atoms with E-state index in [-0.39, 0.29) is 0 Å². The quantitative estimate of drug-likeness (QED) is 0.770. The maximum Gasteiger partial charge on any atom is 0.165 e. The van der Waals surface area contributed by atoms with E-state index in [1.165, 1.54) is 0 Å². The largest absolute Gasteiger partial charge is 0.486 e. The summed E-state index contributed by atoms with van der Waals surface area (Å²) in [7, 11) is 0. The molecule has 0 atom stereocenters. The van der Waals surface area contributed by atoms with Gasteiger partial charge in [-0.25, -0.2) is 5.48 Å². The van der Waals surface area contributed by atoms with E-state index in [1.807, 2.05) is 12.1 Å². The van der Waals surface area contributed by atoms with Gasteiger partial charge in [0.05, 0.1) is 0 Å². The van der Waals surface area contributed by atoms with Gasteiger partial charge in [-0.15, -0.1) is 0 Å². The molecule has 1 aliphatic rings. The van der Waals surface area contributed by atoms with E-state index in [1.54, 1.807) is 0 Å². The summed E-state index contributed by atoms with van der Waals surface area (Å²) in [6.07, 6.45) is 0. The molecule has 16 heavy (non-hydrogen) atoms. The van der Waals surface area contributed by atoms with E-state index >= 15 is 0 Å². The van der Waals surface area contributed by atoms with Crippen LogP contribution < -0.4 is 15.0 Å². The highest BCUT2D eigenvalue weighted by atomic mass is 16.6. The zero-order valence-corrected chi connectivity index (χ0v) is 9.62. The third kappa shape index (κ3) is 1.99. The molecule has 1 aromatic rings. The van der Waals surface area contributed by atoms with Crippen molar-refractivity contribution in [3.05, 3.63) is 23.3 Å². The van der Waals surface area contributed by atoms with Crippen LogP contribution in [0.2, 0.25) is 0 Å². The molecule has 2 rings (SSSR count). The van der Waals surface area contributed by atoms with Crippen LogP contribution in [0.5, 0.6) is 11.5 Å². The first-order chi connectivity index (χ1) is 7.74. The van der Waals surface area contributed by atoms with Crippen LogP contribution in [0.3, 0.4) is 0 Å². The van der Waals surface area contributed by atoms with Gasteiger partial charge in [0.25, 0.3) is 0 Å². The van der Waals surface area contributed by atoms with E-state index in [4.69, 9.17) is 14.7 Å². The maximum absolute atomic E-state index is 8.81. The molecule has 0 bridgehead atoms. The molecule has 0 amide bonds. The second kappa shape index (κ2) is 4.72. The average Bonchev–Trinajstić information content (AvgIpc) is 2.28. The maximum atomic E-state index is 8.81. The first-order valence-corrected chi connectivity index (χ1v) is 5.52. The Morgan fingerprint density at radius 1 is 1.31 bits per heavy atom. The van der Waals surface area contributed by atoms with E-state index in [0.29, 0.717) is 25.7 Å². The van der Waals surface area contributed by atoms with E-state index < -0.39 is 0 Å². The third-order valence-corrected chi connectivity index (χ3v) is 2.68. The number of nitrogens with one attached hydrogen (secondary N) is 1. The summed E-state index contributed by atoms with van der Waals surface area (Å²) in [5, 5.41) is 8.81. The van der Waals surface area contributed by atoms with Crippen molar-refractivity contribution in [1.82, 2.24) is 5.48 Å². The molecule has 1 heterocycles. The second-order valence-corrected chi connectivity index (χ2v) is 4.15. The number of fused-ring (bicyclic) bond motifs is 1. The van der Waals surface area contributed by atoms with Crippen molar-refractivity contribution >= 4 is 0 Å². The monoisotopic (exact) mass is 223 g/mol. The van der Waals surface area contributed by atoms with Gasteiger partial charge in [-0.1, -0.05) is 19.9 Å². The Morgan fingerprint density at radius 2 is 2.06 bits per heavy atom. The molecule has 0 spiro atoms. The molecule has 0 saturated heterocycles. The molecule has 88 valence electrons. The van der Waals surface area contributed by atoms with Crippen LogP contribution in [0.25, 0.3) is 0 Å². The third-order valence-electron chi connectivity index (χ3n) is 2.68. The topological polar surface area (TPSA) is 50.7 Å². The number of rotatable bonds is 3. The lowest BCUT2D eigenvalue weighted by Crippen LogP contribution is -2.19. The van der Waals surface area contributed by atoms with Crippen molar-refractivity contribution in [2.45, 2.75) is 26.3 Å². The zero-order chi connectivity index (χ0) is 11.5. The molecular weight excluding hydrogens is 206 g/mol. The summed E-state index contributed by atoms with van der Waals surface area (Å²) in [6, 6.07) is 3.86. The molecule has 0 fully saturated rings. The number of ether oxygens (including phenoxy) is 2. The highest BCUT2D eigenvalue weighted by Gasteiger charge is 2.20. The van der Waals surface area contributed by atoms with Gasteiger partial charge in [-0.05, 0) is 17.5 Å². The minimum absolute atomic E-state index is 0.333. The van der Waals surface area contributed by atoms with Gasteiger partial charge in [-0.2, -0.15) is 0 Å². The fourth-order valence-electron chi connectivity index (χ4n) is 2.05. The van der Waals surface area contributed by atoms with Crippen LogP contribution in [0.4, 0.5) is 0 Å². The number of hydrogen-bond acceptors (Lipinski definition) is 4. The highest BCUT2D eigenvalue weighted by molar-refractivity contribution is 5.52. The van der Waals surface area contributed by atoms with Crippen molar-refractivity contribution in [3.63, 3.8) is 0 Å². The molecule has 4 heteroatoms. The van der Waals surface area contributed by atoms with Crippen molar-refractivity contribution < 1.29 is 14.7 Å². The standard InChI is InChI=1S/C12H17NO3/c1-8(2)11-9(7-13-14)3-4-10-12(11)16-6-5-15-10/h3-4,8,13-14H,5-7H2,1-2H3. The summed E-state index contributed by atoms with van der Waals surface area (Å²) in [5.74, 6) is 1.96. The van der Waals surface area contributed by atoms with Crippen molar-refractivity contribution in [2.24, 2.45) is 0 Å². The molecular formula is C12H17NO3. The van der Waals surface area contributed by atoms with Crippen LogP contribution in [0.15, 0.2) is 12.1 Å². The molecule has 0 aromatic heterocycles.